The first-order chi connectivity index (χ1) is 11.5. The Hall–Kier alpha value is -2.40. The fraction of sp³-hybridized carbons (Fsp3) is 0.278. The Bertz CT molecular complexity index is 854. The number of pyridine rings is 1. The van der Waals surface area contributed by atoms with Crippen LogP contribution < -0.4 is 5.56 Å². The minimum atomic E-state index is -0.750. The van der Waals surface area contributed by atoms with Gasteiger partial charge in [-0.15, -0.1) is 0 Å². The second-order valence-electron chi connectivity index (χ2n) is 5.78. The third-order valence-corrected chi connectivity index (χ3v) is 4.35. The van der Waals surface area contributed by atoms with Crippen molar-refractivity contribution in [2.45, 2.75) is 32.3 Å². The van der Waals surface area contributed by atoms with Crippen LogP contribution in [-0.2, 0) is 11.2 Å². The quantitative estimate of drug-likeness (QED) is 0.864. The summed E-state index contributed by atoms with van der Waals surface area (Å²) in [6, 6.07) is 8.26. The zero-order valence-corrected chi connectivity index (χ0v) is 13.9. The number of ketones is 1. The number of benzene rings is 1. The molecule has 0 saturated carbocycles. The van der Waals surface area contributed by atoms with Crippen LogP contribution in [0.1, 0.15) is 57.8 Å². The highest BCUT2D eigenvalue weighted by Crippen LogP contribution is 2.22. The van der Waals surface area contributed by atoms with Crippen LogP contribution >= 0.6 is 11.6 Å². The predicted octanol–water partition coefficient (Wildman–Crippen LogP) is 3.47. The van der Waals surface area contributed by atoms with Gasteiger partial charge in [0.05, 0.1) is 0 Å². The fourth-order valence-electron chi connectivity index (χ4n) is 2.75. The van der Waals surface area contributed by atoms with Crippen LogP contribution in [0.3, 0.4) is 0 Å². The average Bonchev–Trinajstić information content (AvgIpc) is 2.55. The second kappa shape index (κ2) is 6.61. The van der Waals surface area contributed by atoms with Crippen molar-refractivity contribution < 1.29 is 14.3 Å². The number of fused-ring (bicyclic) bond motifs is 1. The Kier molecular flexibility index (Phi) is 4.53. The number of hydrogen-bond acceptors (Lipinski definition) is 4. The number of carbonyl (C=O) groups excluding carboxylic acids is 2. The molecule has 1 heterocycles. The van der Waals surface area contributed by atoms with Crippen LogP contribution in [0.15, 0.2) is 35.1 Å². The maximum absolute atomic E-state index is 12.3. The Labute approximate surface area is 143 Å². The molecule has 1 N–H and O–H groups in total. The summed E-state index contributed by atoms with van der Waals surface area (Å²) in [5, 5.41) is 0.585. The predicted molar refractivity (Wildman–Crippen MR) is 89.6 cm³/mol. The van der Waals surface area contributed by atoms with E-state index >= 15 is 0 Å². The largest absolute Gasteiger partial charge is 0.454 e. The van der Waals surface area contributed by atoms with E-state index in [2.05, 4.69) is 4.98 Å². The van der Waals surface area contributed by atoms with Crippen molar-refractivity contribution in [3.05, 3.63) is 68.1 Å². The molecule has 5 nitrogen and oxygen atoms in total. The number of aryl methyl sites for hydroxylation is 1. The van der Waals surface area contributed by atoms with E-state index in [1.165, 1.54) is 6.07 Å². The van der Waals surface area contributed by atoms with Gasteiger partial charge in [0.15, 0.2) is 5.78 Å². The van der Waals surface area contributed by atoms with Crippen molar-refractivity contribution >= 4 is 23.4 Å². The van der Waals surface area contributed by atoms with Gasteiger partial charge in [-0.25, -0.2) is 4.79 Å². The monoisotopic (exact) mass is 345 g/mol. The van der Waals surface area contributed by atoms with Crippen molar-refractivity contribution in [3.63, 3.8) is 0 Å². The second-order valence-corrected chi connectivity index (χ2v) is 6.22. The number of aromatic amines is 1. The summed E-state index contributed by atoms with van der Waals surface area (Å²) in [5.74, 6) is -0.813. The van der Waals surface area contributed by atoms with Gasteiger partial charge in [0, 0.05) is 22.7 Å². The smallest absolute Gasteiger partial charge is 0.344 e. The van der Waals surface area contributed by atoms with E-state index in [-0.39, 0.29) is 11.3 Å². The van der Waals surface area contributed by atoms with E-state index in [0.717, 1.165) is 5.56 Å². The van der Waals surface area contributed by atoms with Crippen LogP contribution in [0.25, 0.3) is 0 Å². The molecule has 0 bridgehead atoms. The Morgan fingerprint density at radius 2 is 1.92 bits per heavy atom. The molecule has 0 unspecified atom stereocenters. The third-order valence-electron chi connectivity index (χ3n) is 4.10. The van der Waals surface area contributed by atoms with Gasteiger partial charge < -0.3 is 9.72 Å². The van der Waals surface area contributed by atoms with Gasteiger partial charge in [-0.3, -0.25) is 9.59 Å². The summed E-state index contributed by atoms with van der Waals surface area (Å²) in [4.78, 5) is 39.0. The van der Waals surface area contributed by atoms with Gasteiger partial charge in [-0.05, 0) is 43.5 Å². The minimum Gasteiger partial charge on any atom is -0.454 e. The summed E-state index contributed by atoms with van der Waals surface area (Å²) in [5.41, 5.74) is 1.09. The number of esters is 1. The van der Waals surface area contributed by atoms with Crippen LogP contribution in [0.4, 0.5) is 0 Å². The third kappa shape index (κ3) is 3.26. The first kappa shape index (κ1) is 16.5. The summed E-state index contributed by atoms with van der Waals surface area (Å²) < 4.78 is 5.36. The normalized spacial score (nSPS) is 14.8. The van der Waals surface area contributed by atoms with Crippen molar-refractivity contribution in [3.8, 4) is 0 Å². The topological polar surface area (TPSA) is 76.2 Å². The molecular formula is C18H16ClNO4. The molecule has 0 saturated heterocycles. The van der Waals surface area contributed by atoms with E-state index in [1.807, 2.05) is 0 Å². The highest BCUT2D eigenvalue weighted by Gasteiger charge is 2.23. The van der Waals surface area contributed by atoms with Gasteiger partial charge in [-0.2, -0.15) is 0 Å². The summed E-state index contributed by atoms with van der Waals surface area (Å²) in [6.45, 7) is 1.71. The number of carbonyl (C=O) groups is 2. The van der Waals surface area contributed by atoms with E-state index in [0.29, 0.717) is 35.5 Å². The van der Waals surface area contributed by atoms with E-state index in [9.17, 15) is 14.4 Å². The van der Waals surface area contributed by atoms with Crippen molar-refractivity contribution in [1.82, 2.24) is 4.98 Å². The average molecular weight is 346 g/mol. The number of nitrogens with one attached hydrogen (secondary N) is 1. The molecule has 0 spiro atoms. The van der Waals surface area contributed by atoms with Crippen LogP contribution in [0, 0.1) is 0 Å². The van der Waals surface area contributed by atoms with Crippen LogP contribution in [-0.4, -0.2) is 16.7 Å². The molecule has 1 aromatic heterocycles. The molecule has 1 aliphatic carbocycles. The Morgan fingerprint density at radius 3 is 2.62 bits per heavy atom. The molecule has 0 amide bonds. The molecule has 0 fully saturated rings. The van der Waals surface area contributed by atoms with E-state index < -0.39 is 17.6 Å². The number of halogens is 1. The minimum absolute atomic E-state index is 0.0627. The van der Waals surface area contributed by atoms with Crippen molar-refractivity contribution in [1.29, 1.82) is 0 Å². The molecule has 24 heavy (non-hydrogen) atoms. The molecule has 1 aromatic carbocycles. The van der Waals surface area contributed by atoms with Crippen LogP contribution in [0.5, 0.6) is 0 Å². The molecule has 2 aromatic rings. The van der Waals surface area contributed by atoms with Gasteiger partial charge in [0.1, 0.15) is 11.7 Å². The lowest BCUT2D eigenvalue weighted by Gasteiger charge is -2.16. The molecule has 0 radical (unpaired) electrons. The molecule has 1 atom stereocenters. The number of hydrogen-bond donors (Lipinski definition) is 1. The fourth-order valence-corrected chi connectivity index (χ4v) is 2.88. The zero-order chi connectivity index (χ0) is 17.3. The number of Topliss-reactive ketones (excluding diaryl/α,β-unsaturated/α-hetero) is 1. The van der Waals surface area contributed by atoms with Gasteiger partial charge in [0.25, 0.3) is 5.56 Å². The molecule has 124 valence electrons. The van der Waals surface area contributed by atoms with Gasteiger partial charge >= 0.3 is 5.97 Å². The Balaban J connectivity index is 1.85. The summed E-state index contributed by atoms with van der Waals surface area (Å²) in [7, 11) is 0. The molecule has 0 aliphatic heterocycles. The molecule has 6 heteroatoms. The highest BCUT2D eigenvalue weighted by atomic mass is 35.5. The number of aromatic nitrogens is 1. The number of rotatable bonds is 3. The Morgan fingerprint density at radius 1 is 1.21 bits per heavy atom. The lowest BCUT2D eigenvalue weighted by molar-refractivity contribution is 0.0335. The first-order valence-electron chi connectivity index (χ1n) is 7.71. The molecular weight excluding hydrogens is 330 g/mol. The van der Waals surface area contributed by atoms with Crippen molar-refractivity contribution in [2.75, 3.05) is 0 Å². The van der Waals surface area contributed by atoms with Crippen LogP contribution in [0.2, 0.25) is 5.02 Å². The van der Waals surface area contributed by atoms with E-state index in [1.54, 1.807) is 31.2 Å². The van der Waals surface area contributed by atoms with Gasteiger partial charge in [0.2, 0.25) is 0 Å². The maximum Gasteiger partial charge on any atom is 0.344 e. The number of H-pyrrole nitrogens is 1. The lowest BCUT2D eigenvalue weighted by atomic mass is 9.94. The standard InChI is InChI=1S/C18H16ClNO4/c1-10(11-5-7-12(19)8-6-11)24-18(23)14-9-13-15(20-17(14)22)3-2-4-16(13)21/h5-10H,2-4H2,1H3,(H,20,22)/t10-/m0/s1. The van der Waals surface area contributed by atoms with E-state index in [4.69, 9.17) is 16.3 Å². The first-order valence-corrected chi connectivity index (χ1v) is 8.09. The molecule has 3 rings (SSSR count). The SMILES string of the molecule is C[C@H](OC(=O)c1cc2c([nH]c1=O)CCCC2=O)c1ccc(Cl)cc1. The number of ether oxygens (including phenoxy) is 1. The maximum atomic E-state index is 12.3. The summed E-state index contributed by atoms with van der Waals surface area (Å²) in [6.07, 6.45) is 1.22. The lowest BCUT2D eigenvalue weighted by Crippen LogP contribution is -2.26. The summed E-state index contributed by atoms with van der Waals surface area (Å²) >= 11 is 5.83. The highest BCUT2D eigenvalue weighted by molar-refractivity contribution is 6.30. The zero-order valence-electron chi connectivity index (χ0n) is 13.1. The van der Waals surface area contributed by atoms with Crippen molar-refractivity contribution in [2.24, 2.45) is 0 Å². The van der Waals surface area contributed by atoms with Gasteiger partial charge in [-0.1, -0.05) is 23.7 Å². The molecule has 1 aliphatic rings.